The van der Waals surface area contributed by atoms with Gasteiger partial charge in [0.1, 0.15) is 11.5 Å². The van der Waals surface area contributed by atoms with Crippen LogP contribution in [0, 0.1) is 0 Å². The summed E-state index contributed by atoms with van der Waals surface area (Å²) in [6.45, 7) is 7.17. The zero-order valence-electron chi connectivity index (χ0n) is 19.8. The van der Waals surface area contributed by atoms with Crippen molar-refractivity contribution >= 4 is 22.7 Å². The van der Waals surface area contributed by atoms with Crippen LogP contribution in [-0.4, -0.2) is 50.2 Å². The Labute approximate surface area is 207 Å². The number of allylic oxidation sites excluding steroid dienone is 1. The van der Waals surface area contributed by atoms with E-state index in [9.17, 15) is 4.79 Å². The van der Waals surface area contributed by atoms with Crippen molar-refractivity contribution in [2.24, 2.45) is 0 Å². The van der Waals surface area contributed by atoms with Gasteiger partial charge in [-0.3, -0.25) is 4.79 Å². The predicted molar refractivity (Wildman–Crippen MR) is 136 cm³/mol. The normalized spacial score (nSPS) is 17.2. The smallest absolute Gasteiger partial charge is 0.278 e. The van der Waals surface area contributed by atoms with Crippen molar-refractivity contribution in [2.75, 3.05) is 25.1 Å². The highest BCUT2D eigenvalue weighted by molar-refractivity contribution is 5.77. The van der Waals surface area contributed by atoms with Gasteiger partial charge >= 0.3 is 0 Å². The van der Waals surface area contributed by atoms with Gasteiger partial charge in [0.2, 0.25) is 11.8 Å². The van der Waals surface area contributed by atoms with Crippen LogP contribution in [0.25, 0.3) is 16.9 Å². The lowest BCUT2D eigenvalue weighted by Gasteiger charge is -2.18. The third kappa shape index (κ3) is 4.25. The van der Waals surface area contributed by atoms with E-state index in [-0.39, 0.29) is 11.7 Å². The summed E-state index contributed by atoms with van der Waals surface area (Å²) in [5.41, 5.74) is 3.76. The lowest BCUT2D eigenvalue weighted by atomic mass is 10.0. The Morgan fingerprint density at radius 3 is 3.06 bits per heavy atom. The second-order valence-electron chi connectivity index (χ2n) is 8.89. The maximum absolute atomic E-state index is 13.2. The molecule has 0 saturated carbocycles. The van der Waals surface area contributed by atoms with Gasteiger partial charge in [-0.2, -0.15) is 9.97 Å². The highest BCUT2D eigenvalue weighted by atomic mass is 16.5. The largest absolute Gasteiger partial charge is 0.472 e. The molecule has 0 aliphatic carbocycles. The molecule has 0 bridgehead atoms. The molecule has 2 aliphatic rings. The quantitative estimate of drug-likeness (QED) is 0.385. The van der Waals surface area contributed by atoms with E-state index in [1.807, 2.05) is 18.2 Å². The lowest BCUT2D eigenvalue weighted by Crippen LogP contribution is -2.23. The van der Waals surface area contributed by atoms with Gasteiger partial charge in [0, 0.05) is 30.9 Å². The minimum absolute atomic E-state index is 0.0324. The fraction of sp³-hybridized carbons (Fsp3) is 0.308. The first-order chi connectivity index (χ1) is 17.7. The van der Waals surface area contributed by atoms with Crippen LogP contribution < -0.4 is 20.9 Å². The van der Waals surface area contributed by atoms with Crippen molar-refractivity contribution < 1.29 is 9.47 Å². The van der Waals surface area contributed by atoms with Gasteiger partial charge in [-0.05, 0) is 42.3 Å². The monoisotopic (exact) mass is 485 g/mol. The number of benzene rings is 1. The molecule has 0 amide bonds. The molecular weight excluding hydrogens is 458 g/mol. The lowest BCUT2D eigenvalue weighted by molar-refractivity contribution is 0.138. The Morgan fingerprint density at radius 2 is 2.19 bits per heavy atom. The molecule has 10 heteroatoms. The van der Waals surface area contributed by atoms with Crippen LogP contribution in [0.5, 0.6) is 5.88 Å². The van der Waals surface area contributed by atoms with E-state index < -0.39 is 0 Å². The molecule has 5 heterocycles. The average Bonchev–Trinajstić information content (AvgIpc) is 3.50. The molecule has 3 aromatic heterocycles. The van der Waals surface area contributed by atoms with E-state index in [2.05, 4.69) is 39.3 Å². The highest BCUT2D eigenvalue weighted by Gasteiger charge is 2.21. The third-order valence-electron chi connectivity index (χ3n) is 6.43. The number of nitrogens with zero attached hydrogens (tertiary/aromatic N) is 5. The van der Waals surface area contributed by atoms with E-state index in [1.54, 1.807) is 27.7 Å². The summed E-state index contributed by atoms with van der Waals surface area (Å²) in [5.74, 6) is 1.39. The molecule has 184 valence electrons. The van der Waals surface area contributed by atoms with Crippen LogP contribution in [0.15, 0.2) is 60.0 Å². The highest BCUT2D eigenvalue weighted by Crippen LogP contribution is 2.23. The van der Waals surface area contributed by atoms with Crippen molar-refractivity contribution in [3.63, 3.8) is 0 Å². The maximum atomic E-state index is 13.2. The number of pyridine rings is 1. The summed E-state index contributed by atoms with van der Waals surface area (Å²) < 4.78 is 14.7. The first-order valence-corrected chi connectivity index (χ1v) is 12.1. The van der Waals surface area contributed by atoms with Gasteiger partial charge in [-0.15, -0.1) is 6.58 Å². The SMILES string of the molecule is C=CCn1c(=O)c2cnc(Nc3ccc4c(c3)CCNC4)nc2n1-c1cccc(OC2CCOC2)n1. The summed E-state index contributed by atoms with van der Waals surface area (Å²) in [4.78, 5) is 27.0. The third-order valence-corrected chi connectivity index (χ3v) is 6.43. The molecule has 6 rings (SSSR count). The molecule has 1 unspecified atom stereocenters. The second-order valence-corrected chi connectivity index (χ2v) is 8.89. The molecule has 0 radical (unpaired) electrons. The molecular formula is C26H27N7O3. The first-order valence-electron chi connectivity index (χ1n) is 12.1. The number of hydrogen-bond donors (Lipinski definition) is 2. The molecule has 1 atom stereocenters. The minimum Gasteiger partial charge on any atom is -0.472 e. The number of nitrogens with one attached hydrogen (secondary N) is 2. The van der Waals surface area contributed by atoms with Crippen molar-refractivity contribution in [3.05, 3.63) is 76.7 Å². The number of fused-ring (bicyclic) bond motifs is 2. The van der Waals surface area contributed by atoms with Gasteiger partial charge in [-0.1, -0.05) is 18.2 Å². The Balaban J connectivity index is 1.39. The van der Waals surface area contributed by atoms with Crippen LogP contribution in [0.2, 0.25) is 0 Å². The van der Waals surface area contributed by atoms with Crippen LogP contribution >= 0.6 is 0 Å². The fourth-order valence-electron chi connectivity index (χ4n) is 4.66. The van der Waals surface area contributed by atoms with Crippen LogP contribution in [0.1, 0.15) is 17.5 Å². The zero-order valence-corrected chi connectivity index (χ0v) is 19.8. The van der Waals surface area contributed by atoms with Crippen molar-refractivity contribution in [2.45, 2.75) is 32.0 Å². The number of ether oxygens (including phenoxy) is 2. The average molecular weight is 486 g/mol. The zero-order chi connectivity index (χ0) is 24.5. The molecule has 1 fully saturated rings. The standard InChI is InChI=1S/C26H27N7O3/c1-2-11-32-25(34)21-15-28-26(29-19-7-6-18-14-27-10-8-17(18)13-19)31-24(21)33(32)22-4-3-5-23(30-22)36-20-9-12-35-16-20/h2-7,13,15,20,27H,1,8-12,14,16H2,(H,28,29,31). The van der Waals surface area contributed by atoms with Gasteiger partial charge in [0.25, 0.3) is 5.56 Å². The van der Waals surface area contributed by atoms with E-state index in [1.165, 1.54) is 11.1 Å². The van der Waals surface area contributed by atoms with Gasteiger partial charge in [-0.25, -0.2) is 14.3 Å². The maximum Gasteiger partial charge on any atom is 0.278 e. The van der Waals surface area contributed by atoms with E-state index >= 15 is 0 Å². The Morgan fingerprint density at radius 1 is 1.25 bits per heavy atom. The molecule has 10 nitrogen and oxygen atoms in total. The molecule has 4 aromatic rings. The van der Waals surface area contributed by atoms with Crippen LogP contribution in [-0.2, 0) is 24.2 Å². The van der Waals surface area contributed by atoms with Crippen molar-refractivity contribution in [3.8, 4) is 11.7 Å². The summed E-state index contributed by atoms with van der Waals surface area (Å²) in [7, 11) is 0. The minimum atomic E-state index is -0.213. The molecule has 2 aliphatic heterocycles. The number of anilines is 2. The number of hydrogen-bond acceptors (Lipinski definition) is 8. The first kappa shape index (κ1) is 22.4. The Bertz CT molecular complexity index is 1490. The van der Waals surface area contributed by atoms with Crippen LogP contribution in [0.4, 0.5) is 11.6 Å². The van der Waals surface area contributed by atoms with Crippen molar-refractivity contribution in [1.29, 1.82) is 0 Å². The second kappa shape index (κ2) is 9.56. The molecule has 1 saturated heterocycles. The van der Waals surface area contributed by atoms with E-state index in [0.717, 1.165) is 31.6 Å². The van der Waals surface area contributed by atoms with Gasteiger partial charge in [0.15, 0.2) is 11.5 Å². The summed E-state index contributed by atoms with van der Waals surface area (Å²) >= 11 is 0. The van der Waals surface area contributed by atoms with Gasteiger partial charge < -0.3 is 20.1 Å². The van der Waals surface area contributed by atoms with Crippen molar-refractivity contribution in [1.82, 2.24) is 29.6 Å². The summed E-state index contributed by atoms with van der Waals surface area (Å²) in [5, 5.41) is 7.08. The number of rotatable bonds is 7. The fourth-order valence-corrected chi connectivity index (χ4v) is 4.66. The topological polar surface area (TPSA) is 108 Å². The Hall–Kier alpha value is -4.02. The Kier molecular flexibility index (Phi) is 5.96. The summed E-state index contributed by atoms with van der Waals surface area (Å²) in [6.07, 6.45) is 4.99. The molecule has 36 heavy (non-hydrogen) atoms. The predicted octanol–water partition coefficient (Wildman–Crippen LogP) is 2.72. The molecule has 2 N–H and O–H groups in total. The summed E-state index contributed by atoms with van der Waals surface area (Å²) in [6, 6.07) is 11.7. The van der Waals surface area contributed by atoms with E-state index in [0.29, 0.717) is 48.4 Å². The van der Waals surface area contributed by atoms with E-state index in [4.69, 9.17) is 14.5 Å². The molecule has 0 spiro atoms. The number of aromatic nitrogens is 5. The molecule has 1 aromatic carbocycles. The van der Waals surface area contributed by atoms with Crippen LogP contribution in [0.3, 0.4) is 0 Å². The van der Waals surface area contributed by atoms with Gasteiger partial charge in [0.05, 0.1) is 19.8 Å².